The van der Waals surface area contributed by atoms with E-state index in [-0.39, 0.29) is 11.6 Å². The van der Waals surface area contributed by atoms with Crippen LogP contribution in [0.3, 0.4) is 0 Å². The third-order valence-corrected chi connectivity index (χ3v) is 3.77. The van der Waals surface area contributed by atoms with E-state index >= 15 is 0 Å². The van der Waals surface area contributed by atoms with Crippen LogP contribution in [0.25, 0.3) is 10.9 Å². The third kappa shape index (κ3) is 3.21. The van der Waals surface area contributed by atoms with Crippen molar-refractivity contribution in [1.82, 2.24) is 4.98 Å². The number of carboxylic acid groups (broad SMARTS) is 1. The summed E-state index contributed by atoms with van der Waals surface area (Å²) in [6, 6.07) is 5.23. The average molecular weight is 280 g/mol. The lowest BCUT2D eigenvalue weighted by atomic mass is 10.2. The number of nitrogens with zero attached hydrogens (tertiary/aromatic N) is 1. The molecule has 0 unspecified atom stereocenters. The predicted molar refractivity (Wildman–Crippen MR) is 72.8 cm³/mol. The summed E-state index contributed by atoms with van der Waals surface area (Å²) in [5.74, 6) is -1.17. The lowest BCUT2D eigenvalue weighted by molar-refractivity contribution is -0.137. The van der Waals surface area contributed by atoms with Gasteiger partial charge in [0.2, 0.25) is 0 Å². The Morgan fingerprint density at radius 2 is 2.26 bits per heavy atom. The van der Waals surface area contributed by atoms with Gasteiger partial charge in [-0.15, -0.1) is 11.8 Å². The first-order valence-corrected chi connectivity index (χ1v) is 6.64. The standard InChI is InChI=1S/C13H13FN2O2S/c1-7-4-12(19-6-10(15)13(17)18)9-5-8(14)2-3-11(9)16-7/h2-5,10H,6,15H2,1H3,(H,17,18)/t10-/m0/s1. The number of hydrogen-bond acceptors (Lipinski definition) is 4. The monoisotopic (exact) mass is 280 g/mol. The molecule has 3 N–H and O–H groups in total. The molecule has 1 atom stereocenters. The molecule has 0 bridgehead atoms. The summed E-state index contributed by atoms with van der Waals surface area (Å²) in [5.41, 5.74) is 6.95. The highest BCUT2D eigenvalue weighted by Gasteiger charge is 2.13. The predicted octanol–water partition coefficient (Wildman–Crippen LogP) is 2.19. The molecule has 100 valence electrons. The van der Waals surface area contributed by atoms with Crippen molar-refractivity contribution in [3.63, 3.8) is 0 Å². The van der Waals surface area contributed by atoms with E-state index in [4.69, 9.17) is 10.8 Å². The van der Waals surface area contributed by atoms with Crippen molar-refractivity contribution in [2.24, 2.45) is 5.73 Å². The maximum absolute atomic E-state index is 13.3. The molecular weight excluding hydrogens is 267 g/mol. The van der Waals surface area contributed by atoms with Gasteiger partial charge in [-0.25, -0.2) is 4.39 Å². The minimum atomic E-state index is -1.05. The molecule has 2 aromatic rings. The van der Waals surface area contributed by atoms with E-state index in [1.54, 1.807) is 12.1 Å². The van der Waals surface area contributed by atoms with Crippen LogP contribution in [0.2, 0.25) is 0 Å². The Morgan fingerprint density at radius 1 is 1.53 bits per heavy atom. The van der Waals surface area contributed by atoms with Crippen molar-refractivity contribution in [2.75, 3.05) is 5.75 Å². The maximum Gasteiger partial charge on any atom is 0.321 e. The molecule has 0 aliphatic rings. The second-order valence-electron chi connectivity index (χ2n) is 4.18. The number of rotatable bonds is 4. The second kappa shape index (κ2) is 5.54. The summed E-state index contributed by atoms with van der Waals surface area (Å²) >= 11 is 1.30. The van der Waals surface area contributed by atoms with E-state index in [1.807, 2.05) is 6.92 Å². The van der Waals surface area contributed by atoms with Crippen molar-refractivity contribution >= 4 is 28.6 Å². The van der Waals surface area contributed by atoms with Crippen LogP contribution < -0.4 is 5.73 Å². The summed E-state index contributed by atoms with van der Waals surface area (Å²) in [7, 11) is 0. The lowest BCUT2D eigenvalue weighted by Crippen LogP contribution is -2.32. The molecule has 0 aliphatic heterocycles. The van der Waals surface area contributed by atoms with Crippen molar-refractivity contribution in [3.05, 3.63) is 35.8 Å². The molecule has 0 radical (unpaired) electrons. The van der Waals surface area contributed by atoms with E-state index in [0.29, 0.717) is 10.9 Å². The Balaban J connectivity index is 2.36. The Kier molecular flexibility index (Phi) is 4.01. The number of thioether (sulfide) groups is 1. The number of hydrogen-bond donors (Lipinski definition) is 2. The Morgan fingerprint density at radius 3 is 2.95 bits per heavy atom. The van der Waals surface area contributed by atoms with Gasteiger partial charge in [0, 0.05) is 21.7 Å². The van der Waals surface area contributed by atoms with Crippen molar-refractivity contribution < 1.29 is 14.3 Å². The van der Waals surface area contributed by atoms with E-state index in [2.05, 4.69) is 4.98 Å². The Labute approximate surface area is 113 Å². The van der Waals surface area contributed by atoms with E-state index in [0.717, 1.165) is 10.6 Å². The van der Waals surface area contributed by atoms with Crippen LogP contribution in [0.15, 0.2) is 29.2 Å². The number of fused-ring (bicyclic) bond motifs is 1. The molecule has 4 nitrogen and oxygen atoms in total. The molecule has 19 heavy (non-hydrogen) atoms. The normalized spacial score (nSPS) is 12.6. The average Bonchev–Trinajstić information content (AvgIpc) is 2.36. The van der Waals surface area contributed by atoms with Crippen LogP contribution in [0, 0.1) is 12.7 Å². The van der Waals surface area contributed by atoms with Crippen LogP contribution in [0.5, 0.6) is 0 Å². The van der Waals surface area contributed by atoms with Crippen LogP contribution >= 0.6 is 11.8 Å². The molecule has 0 amide bonds. The van der Waals surface area contributed by atoms with Gasteiger partial charge in [0.15, 0.2) is 0 Å². The highest BCUT2D eigenvalue weighted by Crippen LogP contribution is 2.28. The van der Waals surface area contributed by atoms with Crippen LogP contribution in [-0.4, -0.2) is 27.9 Å². The molecule has 1 heterocycles. The smallest absolute Gasteiger partial charge is 0.321 e. The highest BCUT2D eigenvalue weighted by molar-refractivity contribution is 7.99. The van der Waals surface area contributed by atoms with E-state index in [1.165, 1.54) is 23.9 Å². The molecule has 1 aromatic heterocycles. The zero-order chi connectivity index (χ0) is 14.0. The van der Waals surface area contributed by atoms with Gasteiger partial charge in [-0.3, -0.25) is 9.78 Å². The number of halogens is 1. The molecule has 0 saturated carbocycles. The first-order chi connectivity index (χ1) is 8.97. The largest absolute Gasteiger partial charge is 0.480 e. The zero-order valence-electron chi connectivity index (χ0n) is 10.3. The third-order valence-electron chi connectivity index (χ3n) is 2.60. The number of aliphatic carboxylic acids is 1. The zero-order valence-corrected chi connectivity index (χ0v) is 11.1. The molecular formula is C13H13FN2O2S. The van der Waals surface area contributed by atoms with Crippen molar-refractivity contribution in [1.29, 1.82) is 0 Å². The van der Waals surface area contributed by atoms with Crippen LogP contribution in [-0.2, 0) is 4.79 Å². The fourth-order valence-corrected chi connectivity index (χ4v) is 2.74. The molecule has 0 spiro atoms. The van der Waals surface area contributed by atoms with Crippen molar-refractivity contribution in [3.8, 4) is 0 Å². The second-order valence-corrected chi connectivity index (χ2v) is 5.24. The van der Waals surface area contributed by atoms with Gasteiger partial charge in [0.05, 0.1) is 5.52 Å². The fraction of sp³-hybridized carbons (Fsp3) is 0.231. The number of aryl methyl sites for hydroxylation is 1. The first-order valence-electron chi connectivity index (χ1n) is 5.65. The molecule has 1 aromatic carbocycles. The van der Waals surface area contributed by atoms with Crippen LogP contribution in [0.1, 0.15) is 5.69 Å². The fourth-order valence-electron chi connectivity index (χ4n) is 1.66. The SMILES string of the molecule is Cc1cc(SC[C@H](N)C(=O)O)c2cc(F)ccc2n1. The molecule has 0 aliphatic carbocycles. The maximum atomic E-state index is 13.3. The number of aromatic nitrogens is 1. The first kappa shape index (κ1) is 13.8. The molecule has 0 saturated heterocycles. The molecule has 0 fully saturated rings. The number of carboxylic acids is 1. The van der Waals surface area contributed by atoms with E-state index < -0.39 is 12.0 Å². The van der Waals surface area contributed by atoms with Gasteiger partial charge in [0.1, 0.15) is 11.9 Å². The number of nitrogens with two attached hydrogens (primary N) is 1. The van der Waals surface area contributed by atoms with Gasteiger partial charge in [-0.05, 0) is 31.2 Å². The quantitative estimate of drug-likeness (QED) is 0.840. The summed E-state index contributed by atoms with van der Waals surface area (Å²) in [6.45, 7) is 1.84. The summed E-state index contributed by atoms with van der Waals surface area (Å²) < 4.78 is 13.3. The van der Waals surface area contributed by atoms with E-state index in [9.17, 15) is 9.18 Å². The van der Waals surface area contributed by atoms with Gasteiger partial charge in [0.25, 0.3) is 0 Å². The van der Waals surface area contributed by atoms with Crippen molar-refractivity contribution in [2.45, 2.75) is 17.9 Å². The highest BCUT2D eigenvalue weighted by atomic mass is 32.2. The number of pyridine rings is 1. The number of benzene rings is 1. The Bertz CT molecular complexity index is 633. The summed E-state index contributed by atoms with van der Waals surface area (Å²) in [6.07, 6.45) is 0. The minimum Gasteiger partial charge on any atom is -0.480 e. The van der Waals surface area contributed by atoms with Gasteiger partial charge in [-0.1, -0.05) is 0 Å². The van der Waals surface area contributed by atoms with Gasteiger partial charge >= 0.3 is 5.97 Å². The molecule has 2 rings (SSSR count). The van der Waals surface area contributed by atoms with Gasteiger partial charge < -0.3 is 10.8 Å². The van der Waals surface area contributed by atoms with Gasteiger partial charge in [-0.2, -0.15) is 0 Å². The molecule has 6 heteroatoms. The topological polar surface area (TPSA) is 76.2 Å². The van der Waals surface area contributed by atoms with Crippen LogP contribution in [0.4, 0.5) is 4.39 Å². The lowest BCUT2D eigenvalue weighted by Gasteiger charge is -2.09. The summed E-state index contributed by atoms with van der Waals surface area (Å²) in [4.78, 5) is 15.8. The number of carbonyl (C=O) groups is 1. The minimum absolute atomic E-state index is 0.227. The summed E-state index contributed by atoms with van der Waals surface area (Å²) in [5, 5.41) is 9.44. The Hall–Kier alpha value is -1.66.